The van der Waals surface area contributed by atoms with Crippen molar-refractivity contribution < 1.29 is 8.83 Å². The van der Waals surface area contributed by atoms with E-state index in [0.717, 1.165) is 0 Å². The van der Waals surface area contributed by atoms with Gasteiger partial charge < -0.3 is 8.83 Å². The second-order valence-electron chi connectivity index (χ2n) is 1.83. The van der Waals surface area contributed by atoms with E-state index in [-0.39, 0.29) is 12.0 Å². The van der Waals surface area contributed by atoms with Gasteiger partial charge in [-0.2, -0.15) is 9.97 Å². The van der Waals surface area contributed by atoms with E-state index in [2.05, 4.69) is 20.2 Å². The lowest BCUT2D eigenvalue weighted by molar-refractivity contribution is 0.545. The molecule has 0 atom stereocenters. The number of hydrogen-bond donors (Lipinski definition) is 0. The van der Waals surface area contributed by atoms with E-state index >= 15 is 0 Å². The van der Waals surface area contributed by atoms with Crippen LogP contribution in [0.15, 0.2) is 44.0 Å². The predicted octanol–water partition coefficient (Wildman–Crippen LogP) is 2.08. The third-order valence-electron chi connectivity index (χ3n) is 1.06. The maximum atomic E-state index is 4.79. The molecule has 2 rings (SSSR count). The molecule has 0 N–H and O–H groups in total. The van der Waals surface area contributed by atoms with E-state index < -0.39 is 0 Å². The Kier molecular flexibility index (Phi) is 1.65. The molecule has 0 radical (unpaired) electrons. The van der Waals surface area contributed by atoms with Gasteiger partial charge in [0.2, 0.25) is 0 Å². The Hall–Kier alpha value is -1.98. The van der Waals surface area contributed by atoms with Crippen LogP contribution in [0.5, 0.6) is 0 Å². The molecule has 0 saturated heterocycles. The monoisotopic (exact) mass is 164 g/mol. The molecular formula is C6H4N4O2. The summed E-state index contributed by atoms with van der Waals surface area (Å²) in [6.07, 6.45) is 5.77. The predicted molar refractivity (Wildman–Crippen MR) is 37.2 cm³/mol. The molecule has 2 heterocycles. The number of nitrogens with zero attached hydrogens (tertiary/aromatic N) is 4. The second-order valence-corrected chi connectivity index (χ2v) is 1.83. The maximum Gasteiger partial charge on any atom is 0.340 e. The van der Waals surface area contributed by atoms with Crippen LogP contribution in [0, 0.1) is 0 Å². The van der Waals surface area contributed by atoms with Gasteiger partial charge in [-0.25, -0.2) is 0 Å². The number of aromatic nitrogens is 2. The lowest BCUT2D eigenvalue weighted by atomic mass is 11.0. The van der Waals surface area contributed by atoms with Crippen LogP contribution in [0.4, 0.5) is 12.0 Å². The first-order chi connectivity index (χ1) is 5.95. The highest BCUT2D eigenvalue weighted by Crippen LogP contribution is 2.12. The summed E-state index contributed by atoms with van der Waals surface area (Å²) in [6.45, 7) is 0. The first-order valence-electron chi connectivity index (χ1n) is 3.16. The molecule has 0 fully saturated rings. The van der Waals surface area contributed by atoms with Gasteiger partial charge in [0.1, 0.15) is 12.5 Å². The molecule has 2 aromatic heterocycles. The smallest absolute Gasteiger partial charge is 0.340 e. The minimum atomic E-state index is 0.174. The Morgan fingerprint density at radius 3 is 1.75 bits per heavy atom. The molecule has 0 aliphatic heterocycles. The van der Waals surface area contributed by atoms with Crippen molar-refractivity contribution >= 4 is 12.0 Å². The third kappa shape index (κ3) is 1.36. The van der Waals surface area contributed by atoms with Gasteiger partial charge in [0, 0.05) is 0 Å². The third-order valence-corrected chi connectivity index (χ3v) is 1.06. The summed E-state index contributed by atoms with van der Waals surface area (Å²) >= 11 is 0. The van der Waals surface area contributed by atoms with Crippen molar-refractivity contribution in [1.82, 2.24) is 9.97 Å². The summed E-state index contributed by atoms with van der Waals surface area (Å²) in [5.74, 6) is 0. The zero-order valence-corrected chi connectivity index (χ0v) is 5.91. The Morgan fingerprint density at radius 1 is 0.917 bits per heavy atom. The minimum absolute atomic E-state index is 0.174. The van der Waals surface area contributed by atoms with Gasteiger partial charge in [0.05, 0.1) is 12.4 Å². The van der Waals surface area contributed by atoms with E-state index in [4.69, 9.17) is 8.83 Å². The van der Waals surface area contributed by atoms with Gasteiger partial charge >= 0.3 is 12.0 Å². The van der Waals surface area contributed by atoms with Crippen LogP contribution in [0.2, 0.25) is 0 Å². The van der Waals surface area contributed by atoms with Crippen molar-refractivity contribution in [1.29, 1.82) is 0 Å². The van der Waals surface area contributed by atoms with Crippen LogP contribution in [-0.2, 0) is 0 Å². The average Bonchev–Trinajstić information content (AvgIpc) is 2.74. The Balaban J connectivity index is 2.14. The van der Waals surface area contributed by atoms with Gasteiger partial charge in [0.25, 0.3) is 0 Å². The highest BCUT2D eigenvalue weighted by molar-refractivity contribution is 5.09. The number of azo groups is 1. The fourth-order valence-electron chi connectivity index (χ4n) is 0.616. The molecule has 0 aliphatic rings. The lowest BCUT2D eigenvalue weighted by Gasteiger charge is -1.78. The molecule has 0 aromatic carbocycles. The van der Waals surface area contributed by atoms with Crippen LogP contribution >= 0.6 is 0 Å². The van der Waals surface area contributed by atoms with Crippen molar-refractivity contribution in [2.24, 2.45) is 10.2 Å². The lowest BCUT2D eigenvalue weighted by Crippen LogP contribution is -1.60. The highest BCUT2D eigenvalue weighted by Gasteiger charge is 1.94. The fraction of sp³-hybridized carbons (Fsp3) is 0. The van der Waals surface area contributed by atoms with Crippen LogP contribution < -0.4 is 0 Å². The summed E-state index contributed by atoms with van der Waals surface area (Å²) in [6, 6.07) is 0.349. The minimum Gasteiger partial charge on any atom is -0.430 e. The molecule has 0 unspecified atom stereocenters. The van der Waals surface area contributed by atoms with Gasteiger partial charge in [0.15, 0.2) is 0 Å². The van der Waals surface area contributed by atoms with Crippen LogP contribution in [0.1, 0.15) is 0 Å². The zero-order valence-electron chi connectivity index (χ0n) is 5.91. The number of hydrogen-bond acceptors (Lipinski definition) is 6. The van der Waals surface area contributed by atoms with E-state index in [1.807, 2.05) is 0 Å². The van der Waals surface area contributed by atoms with Gasteiger partial charge in [-0.15, -0.1) is 0 Å². The topological polar surface area (TPSA) is 76.8 Å². The van der Waals surface area contributed by atoms with Crippen LogP contribution in [0.3, 0.4) is 0 Å². The Morgan fingerprint density at radius 2 is 1.42 bits per heavy atom. The molecule has 0 aliphatic carbocycles. The first-order valence-corrected chi connectivity index (χ1v) is 3.16. The van der Waals surface area contributed by atoms with E-state index in [1.165, 1.54) is 24.9 Å². The van der Waals surface area contributed by atoms with Gasteiger partial charge in [-0.05, 0) is 0 Å². The summed E-state index contributed by atoms with van der Waals surface area (Å²) in [5, 5.41) is 7.20. The quantitative estimate of drug-likeness (QED) is 0.636. The standard InChI is InChI=1S/C6H4N4O2/c1-3-11-5(7-1)9-10-6-8-2-4-12-6/h1-4H/b10-9+. The van der Waals surface area contributed by atoms with Gasteiger partial charge in [-0.3, -0.25) is 0 Å². The number of rotatable bonds is 2. The van der Waals surface area contributed by atoms with E-state index in [9.17, 15) is 0 Å². The SMILES string of the molecule is c1coc(/N=N/c2ncco2)n1. The molecule has 60 valence electrons. The van der Waals surface area contributed by atoms with Crippen molar-refractivity contribution in [2.75, 3.05) is 0 Å². The summed E-state index contributed by atoms with van der Waals surface area (Å²) in [5.41, 5.74) is 0. The summed E-state index contributed by atoms with van der Waals surface area (Å²) in [4.78, 5) is 7.44. The van der Waals surface area contributed by atoms with Crippen LogP contribution in [0.25, 0.3) is 0 Å². The molecule has 6 nitrogen and oxygen atoms in total. The highest BCUT2D eigenvalue weighted by atomic mass is 16.4. The molecule has 0 spiro atoms. The second kappa shape index (κ2) is 2.95. The molecule has 0 amide bonds. The fourth-order valence-corrected chi connectivity index (χ4v) is 0.616. The van der Waals surface area contributed by atoms with Crippen molar-refractivity contribution in [3.63, 3.8) is 0 Å². The zero-order chi connectivity index (χ0) is 8.23. The normalized spacial score (nSPS) is 11.0. The van der Waals surface area contributed by atoms with Crippen molar-refractivity contribution in [3.05, 3.63) is 24.9 Å². The average molecular weight is 164 g/mol. The van der Waals surface area contributed by atoms with Crippen molar-refractivity contribution in [2.45, 2.75) is 0 Å². The molecular weight excluding hydrogens is 160 g/mol. The van der Waals surface area contributed by atoms with E-state index in [0.29, 0.717) is 0 Å². The van der Waals surface area contributed by atoms with Gasteiger partial charge in [-0.1, -0.05) is 10.2 Å². The summed E-state index contributed by atoms with van der Waals surface area (Å²) in [7, 11) is 0. The molecule has 0 bridgehead atoms. The summed E-state index contributed by atoms with van der Waals surface area (Å²) < 4.78 is 9.58. The van der Waals surface area contributed by atoms with Crippen LogP contribution in [-0.4, -0.2) is 9.97 Å². The largest absolute Gasteiger partial charge is 0.430 e. The first kappa shape index (κ1) is 6.71. The molecule has 0 saturated carbocycles. The Labute approximate surface area is 67.0 Å². The molecule has 2 aromatic rings. The number of oxazole rings is 2. The molecule has 6 heteroatoms. The molecule has 12 heavy (non-hydrogen) atoms. The maximum absolute atomic E-state index is 4.79. The van der Waals surface area contributed by atoms with E-state index in [1.54, 1.807) is 0 Å². The van der Waals surface area contributed by atoms with Crippen molar-refractivity contribution in [3.8, 4) is 0 Å². The Bertz CT molecular complexity index is 315.